The maximum Gasteiger partial charge on any atom is 0.330 e. The molecule has 0 fully saturated rings. The van der Waals surface area contributed by atoms with Gasteiger partial charge in [0.05, 0.1) is 0 Å². The van der Waals surface area contributed by atoms with Crippen molar-refractivity contribution in [2.75, 3.05) is 20.2 Å². The number of hydrogen-bond donors (Lipinski definition) is 0. The molecule has 0 aromatic carbocycles. The van der Waals surface area contributed by atoms with Crippen LogP contribution >= 0.6 is 0 Å². The van der Waals surface area contributed by atoms with E-state index in [1.165, 1.54) is 6.08 Å². The Bertz CT molecular complexity index is 182. The van der Waals surface area contributed by atoms with E-state index in [-0.39, 0.29) is 11.5 Å². The minimum Gasteiger partial charge on any atom is -0.461 e. The van der Waals surface area contributed by atoms with Gasteiger partial charge in [-0.25, -0.2) is 4.79 Å². The Kier molecular flexibility index (Phi) is 4.70. The first kappa shape index (κ1) is 12.2. The van der Waals surface area contributed by atoms with E-state index in [0.717, 1.165) is 6.54 Å². The molecule has 0 aromatic heterocycles. The second kappa shape index (κ2) is 5.02. The van der Waals surface area contributed by atoms with Gasteiger partial charge in [0, 0.05) is 18.2 Å². The number of rotatable bonds is 4. The van der Waals surface area contributed by atoms with Crippen LogP contribution in [0.25, 0.3) is 0 Å². The van der Waals surface area contributed by atoms with Crippen LogP contribution in [0.15, 0.2) is 12.7 Å². The second-order valence-electron chi connectivity index (χ2n) is 3.96. The quantitative estimate of drug-likeness (QED) is 0.490. The summed E-state index contributed by atoms with van der Waals surface area (Å²) in [4.78, 5) is 12.8. The van der Waals surface area contributed by atoms with Gasteiger partial charge in [-0.05, 0) is 27.8 Å². The van der Waals surface area contributed by atoms with Crippen molar-refractivity contribution in [3.63, 3.8) is 0 Å². The molecule has 0 spiro atoms. The SMILES string of the molecule is C=CC(=O)OCCN(C)C(C)(C)C. The summed E-state index contributed by atoms with van der Waals surface area (Å²) < 4.78 is 4.86. The average Bonchev–Trinajstić information content (AvgIpc) is 2.02. The van der Waals surface area contributed by atoms with E-state index in [1.54, 1.807) is 0 Å². The lowest BCUT2D eigenvalue weighted by molar-refractivity contribution is -0.138. The fraction of sp³-hybridized carbons (Fsp3) is 0.700. The molecule has 0 aliphatic carbocycles. The van der Waals surface area contributed by atoms with Crippen molar-refractivity contribution in [1.29, 1.82) is 0 Å². The predicted octanol–water partition coefficient (Wildman–Crippen LogP) is 1.45. The van der Waals surface area contributed by atoms with Gasteiger partial charge >= 0.3 is 5.97 Å². The van der Waals surface area contributed by atoms with Crippen LogP contribution in [0.4, 0.5) is 0 Å². The number of nitrogens with zero attached hydrogens (tertiary/aromatic N) is 1. The zero-order valence-corrected chi connectivity index (χ0v) is 8.96. The number of ether oxygens (including phenoxy) is 1. The van der Waals surface area contributed by atoms with Crippen molar-refractivity contribution in [3.05, 3.63) is 12.7 Å². The largest absolute Gasteiger partial charge is 0.461 e. The maximum atomic E-state index is 10.7. The van der Waals surface area contributed by atoms with Gasteiger partial charge in [-0.15, -0.1) is 0 Å². The molecule has 0 aliphatic rings. The molecule has 0 aromatic rings. The van der Waals surface area contributed by atoms with Gasteiger partial charge in [-0.1, -0.05) is 6.58 Å². The Hall–Kier alpha value is -0.830. The first-order valence-corrected chi connectivity index (χ1v) is 4.38. The van der Waals surface area contributed by atoms with E-state index in [2.05, 4.69) is 32.3 Å². The Balaban J connectivity index is 3.65. The summed E-state index contributed by atoms with van der Waals surface area (Å²) >= 11 is 0. The summed E-state index contributed by atoms with van der Waals surface area (Å²) in [5.41, 5.74) is 0.112. The van der Waals surface area contributed by atoms with E-state index >= 15 is 0 Å². The molecule has 0 rings (SSSR count). The Labute approximate surface area is 80.4 Å². The van der Waals surface area contributed by atoms with Crippen molar-refractivity contribution >= 4 is 5.97 Å². The lowest BCUT2D eigenvalue weighted by Gasteiger charge is -2.31. The second-order valence-corrected chi connectivity index (χ2v) is 3.96. The summed E-state index contributed by atoms with van der Waals surface area (Å²) in [5.74, 6) is -0.359. The van der Waals surface area contributed by atoms with Gasteiger partial charge in [-0.2, -0.15) is 0 Å². The van der Waals surface area contributed by atoms with Gasteiger partial charge in [0.2, 0.25) is 0 Å². The highest BCUT2D eigenvalue weighted by Gasteiger charge is 2.16. The summed E-state index contributed by atoms with van der Waals surface area (Å²) in [5, 5.41) is 0. The third-order valence-electron chi connectivity index (χ3n) is 1.98. The van der Waals surface area contributed by atoms with Crippen molar-refractivity contribution in [2.45, 2.75) is 26.3 Å². The third kappa shape index (κ3) is 5.42. The summed E-state index contributed by atoms with van der Waals surface area (Å²) in [7, 11) is 2.00. The van der Waals surface area contributed by atoms with Gasteiger partial charge in [0.1, 0.15) is 6.61 Å². The zero-order chi connectivity index (χ0) is 10.5. The normalized spacial score (nSPS) is 11.5. The van der Waals surface area contributed by atoms with Crippen molar-refractivity contribution in [1.82, 2.24) is 4.90 Å². The minimum atomic E-state index is -0.359. The van der Waals surface area contributed by atoms with Crippen LogP contribution in [0, 0.1) is 0 Å². The molecule has 0 saturated carbocycles. The third-order valence-corrected chi connectivity index (χ3v) is 1.98. The van der Waals surface area contributed by atoms with Gasteiger partial charge in [0.25, 0.3) is 0 Å². The molecule has 0 atom stereocenters. The highest BCUT2D eigenvalue weighted by Crippen LogP contribution is 2.09. The molecule has 0 saturated heterocycles. The molecular formula is C10H19NO2. The lowest BCUT2D eigenvalue weighted by Crippen LogP contribution is -2.40. The van der Waals surface area contributed by atoms with E-state index in [1.807, 2.05) is 7.05 Å². The molecule has 3 nitrogen and oxygen atoms in total. The lowest BCUT2D eigenvalue weighted by atomic mass is 10.1. The first-order chi connectivity index (χ1) is 5.88. The van der Waals surface area contributed by atoms with Crippen LogP contribution < -0.4 is 0 Å². The van der Waals surface area contributed by atoms with Crippen LogP contribution in [-0.2, 0) is 9.53 Å². The summed E-state index contributed by atoms with van der Waals surface area (Å²) in [6, 6.07) is 0. The van der Waals surface area contributed by atoms with Crippen LogP contribution in [-0.4, -0.2) is 36.6 Å². The topological polar surface area (TPSA) is 29.5 Å². The monoisotopic (exact) mass is 185 g/mol. The zero-order valence-electron chi connectivity index (χ0n) is 8.96. The fourth-order valence-electron chi connectivity index (χ4n) is 0.678. The van der Waals surface area contributed by atoms with Crippen LogP contribution in [0.1, 0.15) is 20.8 Å². The molecule has 13 heavy (non-hydrogen) atoms. The highest BCUT2D eigenvalue weighted by atomic mass is 16.5. The van der Waals surface area contributed by atoms with Crippen LogP contribution in [0.3, 0.4) is 0 Å². The Morgan fingerprint density at radius 1 is 1.54 bits per heavy atom. The number of carbonyl (C=O) groups is 1. The molecule has 0 N–H and O–H groups in total. The number of likely N-dealkylation sites (N-methyl/N-ethyl adjacent to an activating group) is 1. The number of esters is 1. The van der Waals surface area contributed by atoms with Crippen molar-refractivity contribution in [2.24, 2.45) is 0 Å². The van der Waals surface area contributed by atoms with E-state index in [0.29, 0.717) is 6.61 Å². The van der Waals surface area contributed by atoms with Gasteiger partial charge in [0.15, 0.2) is 0 Å². The van der Waals surface area contributed by atoms with Crippen LogP contribution in [0.2, 0.25) is 0 Å². The van der Waals surface area contributed by atoms with Crippen molar-refractivity contribution < 1.29 is 9.53 Å². The summed E-state index contributed by atoms with van der Waals surface area (Å²) in [6.07, 6.45) is 1.18. The molecule has 0 unspecified atom stereocenters. The molecule has 0 amide bonds. The van der Waals surface area contributed by atoms with E-state index in [4.69, 9.17) is 4.74 Å². The molecule has 0 bridgehead atoms. The van der Waals surface area contributed by atoms with E-state index < -0.39 is 0 Å². The molecule has 0 radical (unpaired) electrons. The molecule has 0 heterocycles. The molecule has 0 aliphatic heterocycles. The molecule has 76 valence electrons. The summed E-state index contributed by atoms with van der Waals surface area (Å²) in [6.45, 7) is 10.8. The minimum absolute atomic E-state index is 0.112. The predicted molar refractivity (Wildman–Crippen MR) is 53.5 cm³/mol. The van der Waals surface area contributed by atoms with Crippen LogP contribution in [0.5, 0.6) is 0 Å². The first-order valence-electron chi connectivity index (χ1n) is 4.38. The average molecular weight is 185 g/mol. The fourth-order valence-corrected chi connectivity index (χ4v) is 0.678. The van der Waals surface area contributed by atoms with E-state index in [9.17, 15) is 4.79 Å². The molecular weight excluding hydrogens is 166 g/mol. The van der Waals surface area contributed by atoms with Gasteiger partial charge in [-0.3, -0.25) is 4.90 Å². The highest BCUT2D eigenvalue weighted by molar-refractivity contribution is 5.81. The molecule has 3 heteroatoms. The van der Waals surface area contributed by atoms with Crippen molar-refractivity contribution in [3.8, 4) is 0 Å². The van der Waals surface area contributed by atoms with Gasteiger partial charge < -0.3 is 4.74 Å². The standard InChI is InChI=1S/C10H19NO2/c1-6-9(12)13-8-7-11(5)10(2,3)4/h6H,1,7-8H2,2-5H3. The number of hydrogen-bond acceptors (Lipinski definition) is 3. The smallest absolute Gasteiger partial charge is 0.330 e. The Morgan fingerprint density at radius 2 is 2.08 bits per heavy atom. The maximum absolute atomic E-state index is 10.7. The Morgan fingerprint density at radius 3 is 2.46 bits per heavy atom. The number of carbonyl (C=O) groups excluding carboxylic acids is 1.